The second-order valence-electron chi connectivity index (χ2n) is 8.47. The fourth-order valence-electron chi connectivity index (χ4n) is 3.12. The minimum absolute atomic E-state index is 0.0548. The molecule has 0 atom stereocenters. The van der Waals surface area contributed by atoms with E-state index in [9.17, 15) is 4.79 Å². The zero-order valence-electron chi connectivity index (χ0n) is 19.2. The molecule has 1 aromatic rings. The van der Waals surface area contributed by atoms with Crippen molar-refractivity contribution >= 4 is 23.2 Å². The molecule has 1 aliphatic rings. The predicted molar refractivity (Wildman–Crippen MR) is 123 cm³/mol. The van der Waals surface area contributed by atoms with Crippen molar-refractivity contribution < 1.29 is 9.53 Å². The molecular formula is C21H38N6O2S. The van der Waals surface area contributed by atoms with E-state index in [4.69, 9.17) is 14.7 Å². The maximum absolute atomic E-state index is 12.0. The van der Waals surface area contributed by atoms with Crippen LogP contribution in [0, 0.1) is 0 Å². The second-order valence-corrected chi connectivity index (χ2v) is 9.41. The van der Waals surface area contributed by atoms with E-state index in [0.29, 0.717) is 19.7 Å². The monoisotopic (exact) mass is 438 g/mol. The van der Waals surface area contributed by atoms with Crippen molar-refractivity contribution in [2.45, 2.75) is 39.5 Å². The number of thiazole rings is 1. The quantitative estimate of drug-likeness (QED) is 0.344. The zero-order chi connectivity index (χ0) is 22.0. The van der Waals surface area contributed by atoms with Crippen LogP contribution >= 0.6 is 11.3 Å². The minimum atomic E-state index is 0.0548. The van der Waals surface area contributed by atoms with E-state index in [2.05, 4.69) is 53.5 Å². The van der Waals surface area contributed by atoms with Crippen molar-refractivity contribution in [3.05, 3.63) is 16.1 Å². The van der Waals surface area contributed by atoms with Crippen molar-refractivity contribution in [2.24, 2.45) is 4.99 Å². The van der Waals surface area contributed by atoms with Crippen LogP contribution in [0.15, 0.2) is 10.4 Å². The average Bonchev–Trinajstić information content (AvgIpc) is 3.18. The van der Waals surface area contributed by atoms with Crippen LogP contribution in [0.3, 0.4) is 0 Å². The molecule has 9 heteroatoms. The first-order valence-electron chi connectivity index (χ1n) is 10.8. The third-order valence-electron chi connectivity index (χ3n) is 4.91. The van der Waals surface area contributed by atoms with Gasteiger partial charge in [-0.2, -0.15) is 0 Å². The first kappa shape index (κ1) is 24.6. The molecule has 1 aromatic heterocycles. The number of hydrogen-bond donors (Lipinski definition) is 2. The van der Waals surface area contributed by atoms with Crippen LogP contribution in [-0.2, 0) is 21.4 Å². The van der Waals surface area contributed by atoms with Crippen LogP contribution < -0.4 is 10.6 Å². The Kier molecular flexibility index (Phi) is 10.0. The Bertz CT molecular complexity index is 677. The number of nitrogens with zero attached hydrogens (tertiary/aromatic N) is 4. The first-order valence-corrected chi connectivity index (χ1v) is 11.7. The number of guanidine groups is 1. The molecule has 1 aliphatic heterocycles. The number of methoxy groups -OCH3 is 1. The Morgan fingerprint density at radius 1 is 1.27 bits per heavy atom. The summed E-state index contributed by atoms with van der Waals surface area (Å²) < 4.78 is 4.96. The topological polar surface area (TPSA) is 82.1 Å². The van der Waals surface area contributed by atoms with E-state index in [1.54, 1.807) is 18.4 Å². The summed E-state index contributed by atoms with van der Waals surface area (Å²) in [4.78, 5) is 26.0. The van der Waals surface area contributed by atoms with Crippen molar-refractivity contribution in [2.75, 3.05) is 66.1 Å². The molecule has 0 radical (unpaired) electrons. The van der Waals surface area contributed by atoms with Crippen molar-refractivity contribution in [1.29, 1.82) is 0 Å². The summed E-state index contributed by atoms with van der Waals surface area (Å²) >= 11 is 1.72. The fraction of sp³-hybridized carbons (Fsp3) is 0.762. The first-order chi connectivity index (χ1) is 14.3. The third-order valence-corrected chi connectivity index (χ3v) is 5.82. The number of rotatable bonds is 9. The summed E-state index contributed by atoms with van der Waals surface area (Å²) in [6, 6.07) is 0. The van der Waals surface area contributed by atoms with E-state index in [1.165, 1.54) is 0 Å². The van der Waals surface area contributed by atoms with Gasteiger partial charge in [-0.15, -0.1) is 11.3 Å². The maximum atomic E-state index is 12.0. The maximum Gasteiger partial charge on any atom is 0.234 e. The molecule has 170 valence electrons. The number of hydrogen-bond acceptors (Lipinski definition) is 6. The number of carbonyl (C=O) groups excluding carboxylic acids is 1. The summed E-state index contributed by atoms with van der Waals surface area (Å²) in [7, 11) is 1.63. The normalized spacial score (nSPS) is 16.0. The highest BCUT2D eigenvalue weighted by Crippen LogP contribution is 2.24. The van der Waals surface area contributed by atoms with Gasteiger partial charge in [-0.3, -0.25) is 14.7 Å². The molecule has 0 aliphatic carbocycles. The lowest BCUT2D eigenvalue weighted by Crippen LogP contribution is -2.54. The zero-order valence-corrected chi connectivity index (χ0v) is 20.0. The van der Waals surface area contributed by atoms with Crippen LogP contribution in [0.4, 0.5) is 0 Å². The lowest BCUT2D eigenvalue weighted by atomic mass is 9.93. The molecule has 8 nitrogen and oxygen atoms in total. The molecule has 30 heavy (non-hydrogen) atoms. The largest absolute Gasteiger partial charge is 0.383 e. The van der Waals surface area contributed by atoms with Crippen LogP contribution in [-0.4, -0.2) is 92.7 Å². The number of nitrogens with one attached hydrogen (secondary N) is 2. The summed E-state index contributed by atoms with van der Waals surface area (Å²) in [5.74, 6) is 1.01. The lowest BCUT2D eigenvalue weighted by Gasteiger charge is -2.36. The molecule has 1 fully saturated rings. The van der Waals surface area contributed by atoms with Crippen molar-refractivity contribution in [3.8, 4) is 0 Å². The number of aliphatic imine (C=N–C) groups is 1. The van der Waals surface area contributed by atoms with E-state index in [1.807, 2.05) is 0 Å². The number of piperazine rings is 1. The molecule has 0 aromatic carbocycles. The molecule has 1 amide bonds. The smallest absolute Gasteiger partial charge is 0.234 e. The molecule has 0 saturated carbocycles. The van der Waals surface area contributed by atoms with Crippen LogP contribution in [0.5, 0.6) is 0 Å². The fourth-order valence-corrected chi connectivity index (χ4v) is 4.14. The van der Waals surface area contributed by atoms with Gasteiger partial charge in [0.05, 0.1) is 23.9 Å². The molecular weight excluding hydrogens is 400 g/mol. The predicted octanol–water partition coefficient (Wildman–Crippen LogP) is 1.33. The van der Waals surface area contributed by atoms with Gasteiger partial charge in [-0.05, 0) is 6.92 Å². The number of aromatic nitrogens is 1. The van der Waals surface area contributed by atoms with Crippen LogP contribution in [0.25, 0.3) is 0 Å². The SMILES string of the molecule is CCNC(=NCCc1nc(C(C)(C)C)cs1)N1CCN(CC(=O)NCCOC)CC1. The highest BCUT2D eigenvalue weighted by molar-refractivity contribution is 7.09. The summed E-state index contributed by atoms with van der Waals surface area (Å²) in [6.07, 6.45) is 0.858. The third kappa shape index (κ3) is 8.20. The van der Waals surface area contributed by atoms with Gasteiger partial charge in [0.2, 0.25) is 5.91 Å². The van der Waals surface area contributed by atoms with Gasteiger partial charge in [-0.1, -0.05) is 20.8 Å². The van der Waals surface area contributed by atoms with E-state index >= 15 is 0 Å². The molecule has 0 unspecified atom stereocenters. The highest BCUT2D eigenvalue weighted by Gasteiger charge is 2.21. The highest BCUT2D eigenvalue weighted by atomic mass is 32.1. The van der Waals surface area contributed by atoms with Gasteiger partial charge in [0.25, 0.3) is 0 Å². The number of amides is 1. The van der Waals surface area contributed by atoms with Gasteiger partial charge < -0.3 is 20.3 Å². The van der Waals surface area contributed by atoms with Gasteiger partial charge in [-0.25, -0.2) is 4.98 Å². The van der Waals surface area contributed by atoms with Gasteiger partial charge in [0.1, 0.15) is 0 Å². The van der Waals surface area contributed by atoms with Gasteiger partial charge >= 0.3 is 0 Å². The Balaban J connectivity index is 1.80. The molecule has 2 rings (SSSR count). The minimum Gasteiger partial charge on any atom is -0.383 e. The van der Waals surface area contributed by atoms with E-state index < -0.39 is 0 Å². The van der Waals surface area contributed by atoms with Gasteiger partial charge in [0, 0.05) is 70.1 Å². The Labute approximate surface area is 185 Å². The van der Waals surface area contributed by atoms with Crippen LogP contribution in [0.2, 0.25) is 0 Å². The summed E-state index contributed by atoms with van der Waals surface area (Å²) in [5, 5.41) is 9.59. The van der Waals surface area contributed by atoms with Crippen molar-refractivity contribution in [1.82, 2.24) is 25.4 Å². The molecule has 0 bridgehead atoms. The number of carbonyl (C=O) groups is 1. The molecule has 0 spiro atoms. The summed E-state index contributed by atoms with van der Waals surface area (Å²) in [6.45, 7) is 15.2. The Hall–Kier alpha value is -1.71. The molecule has 2 heterocycles. The summed E-state index contributed by atoms with van der Waals surface area (Å²) in [5.41, 5.74) is 1.24. The Morgan fingerprint density at radius 3 is 2.60 bits per heavy atom. The second kappa shape index (κ2) is 12.2. The van der Waals surface area contributed by atoms with Gasteiger partial charge in [0.15, 0.2) is 5.96 Å². The number of ether oxygens (including phenoxy) is 1. The molecule has 1 saturated heterocycles. The Morgan fingerprint density at radius 2 is 2.00 bits per heavy atom. The average molecular weight is 439 g/mol. The van der Waals surface area contributed by atoms with Crippen LogP contribution in [0.1, 0.15) is 38.4 Å². The van der Waals surface area contributed by atoms with E-state index in [0.717, 1.165) is 62.4 Å². The van der Waals surface area contributed by atoms with E-state index in [-0.39, 0.29) is 11.3 Å². The standard InChI is InChI=1S/C21H38N6O2S/c1-6-22-20(24-8-7-19-25-17(16-30-19)21(2,3)4)27-12-10-26(11-13-27)15-18(28)23-9-14-29-5/h16H,6-15H2,1-5H3,(H,22,24)(H,23,28). The molecule has 2 N–H and O–H groups in total. The van der Waals surface area contributed by atoms with Crippen molar-refractivity contribution in [3.63, 3.8) is 0 Å². The lowest BCUT2D eigenvalue weighted by molar-refractivity contribution is -0.122.